The van der Waals surface area contributed by atoms with Crippen LogP contribution < -0.4 is 5.73 Å². The van der Waals surface area contributed by atoms with Gasteiger partial charge >= 0.3 is 0 Å². The fourth-order valence-corrected chi connectivity index (χ4v) is 4.42. The zero-order chi connectivity index (χ0) is 14.8. The number of nitrogens with zero attached hydrogens (tertiary/aromatic N) is 2. The van der Waals surface area contributed by atoms with Gasteiger partial charge in [-0.15, -0.1) is 0 Å². The summed E-state index contributed by atoms with van der Waals surface area (Å²) in [7, 11) is -3.56. The lowest BCUT2D eigenvalue weighted by molar-refractivity contribution is 0.0265. The van der Waals surface area contributed by atoms with E-state index in [9.17, 15) is 8.42 Å². The van der Waals surface area contributed by atoms with E-state index in [4.69, 9.17) is 10.5 Å². The molecular formula is C12H22N4O3S. The summed E-state index contributed by atoms with van der Waals surface area (Å²) in [6, 6.07) is 0. The van der Waals surface area contributed by atoms with Crippen molar-refractivity contribution in [3.05, 3.63) is 11.4 Å². The molecule has 0 aromatic carbocycles. The number of H-pyrrole nitrogens is 1. The van der Waals surface area contributed by atoms with Gasteiger partial charge in [0.2, 0.25) is 10.0 Å². The van der Waals surface area contributed by atoms with Crippen molar-refractivity contribution < 1.29 is 13.2 Å². The van der Waals surface area contributed by atoms with E-state index in [-0.39, 0.29) is 17.5 Å². The summed E-state index contributed by atoms with van der Waals surface area (Å²) < 4.78 is 32.5. The molecule has 3 N–H and O–H groups in total. The van der Waals surface area contributed by atoms with Crippen LogP contribution in [-0.2, 0) is 21.3 Å². The maximum absolute atomic E-state index is 12.8. The van der Waals surface area contributed by atoms with Crippen molar-refractivity contribution in [2.24, 2.45) is 5.73 Å². The maximum Gasteiger partial charge on any atom is 0.246 e. The third-order valence-electron chi connectivity index (χ3n) is 3.50. The van der Waals surface area contributed by atoms with Gasteiger partial charge in [0.05, 0.1) is 17.5 Å². The van der Waals surface area contributed by atoms with E-state index >= 15 is 0 Å². The van der Waals surface area contributed by atoms with Crippen molar-refractivity contribution >= 4 is 10.0 Å². The molecule has 1 unspecified atom stereocenters. The number of rotatable bonds is 5. The lowest BCUT2D eigenvalue weighted by Gasteiger charge is -2.31. The van der Waals surface area contributed by atoms with Crippen LogP contribution in [0.25, 0.3) is 0 Å². The Bertz CT molecular complexity index is 553. The highest BCUT2D eigenvalue weighted by Gasteiger charge is 2.34. The first kappa shape index (κ1) is 15.4. The second kappa shape index (κ2) is 6.21. The molecule has 8 heteroatoms. The number of hydrogen-bond donors (Lipinski definition) is 2. The van der Waals surface area contributed by atoms with Crippen LogP contribution >= 0.6 is 0 Å². The van der Waals surface area contributed by atoms with Crippen LogP contribution in [-0.4, -0.2) is 48.7 Å². The van der Waals surface area contributed by atoms with E-state index < -0.39 is 10.0 Å². The van der Waals surface area contributed by atoms with Crippen LogP contribution in [0.5, 0.6) is 0 Å². The zero-order valence-electron chi connectivity index (χ0n) is 11.9. The minimum Gasteiger partial charge on any atom is -0.377 e. The second-order valence-electron chi connectivity index (χ2n) is 4.91. The van der Waals surface area contributed by atoms with Gasteiger partial charge in [-0.1, -0.05) is 0 Å². The van der Waals surface area contributed by atoms with Gasteiger partial charge in [0.15, 0.2) is 0 Å². The van der Waals surface area contributed by atoms with E-state index in [2.05, 4.69) is 10.2 Å². The summed E-state index contributed by atoms with van der Waals surface area (Å²) >= 11 is 0. The Labute approximate surface area is 119 Å². The lowest BCUT2D eigenvalue weighted by atomic mass is 10.1. The highest BCUT2D eigenvalue weighted by Crippen LogP contribution is 2.25. The molecule has 2 rings (SSSR count). The molecule has 1 aromatic heterocycles. The predicted octanol–water partition coefficient (Wildman–Crippen LogP) is 0.366. The zero-order valence-corrected chi connectivity index (χ0v) is 12.7. The molecule has 20 heavy (non-hydrogen) atoms. The highest BCUT2D eigenvalue weighted by molar-refractivity contribution is 7.89. The third kappa shape index (κ3) is 2.88. The summed E-state index contributed by atoms with van der Waals surface area (Å²) in [5.41, 5.74) is 6.50. The number of aromatic nitrogens is 2. The summed E-state index contributed by atoms with van der Waals surface area (Å²) in [5, 5.41) is 6.67. The van der Waals surface area contributed by atoms with Gasteiger partial charge in [-0.05, 0) is 26.7 Å². The van der Waals surface area contributed by atoms with E-state index in [0.29, 0.717) is 31.1 Å². The van der Waals surface area contributed by atoms with Gasteiger partial charge in [0.1, 0.15) is 4.90 Å². The van der Waals surface area contributed by atoms with Crippen LogP contribution in [0, 0.1) is 6.92 Å². The van der Waals surface area contributed by atoms with Gasteiger partial charge in [-0.25, -0.2) is 8.42 Å². The summed E-state index contributed by atoms with van der Waals surface area (Å²) in [4.78, 5) is 0.220. The molecule has 0 spiro atoms. The number of hydrogen-bond acceptors (Lipinski definition) is 5. The van der Waals surface area contributed by atoms with E-state index in [1.165, 1.54) is 4.31 Å². The fraction of sp³-hybridized carbons (Fsp3) is 0.750. The Morgan fingerprint density at radius 2 is 2.30 bits per heavy atom. The van der Waals surface area contributed by atoms with E-state index in [0.717, 1.165) is 12.8 Å². The number of piperidine rings is 1. The molecule has 1 aromatic rings. The first-order valence-electron chi connectivity index (χ1n) is 6.86. The standard InChI is InChI=1S/C12H22N4O3S/c1-3-19-10-5-4-6-16(8-10)20(17,18)12-9(2)14-15-11(12)7-13/h10H,3-8,13H2,1-2H3,(H,14,15). The van der Waals surface area contributed by atoms with Crippen molar-refractivity contribution in [3.8, 4) is 0 Å². The van der Waals surface area contributed by atoms with Crippen LogP contribution in [0.3, 0.4) is 0 Å². The molecule has 1 saturated heterocycles. The van der Waals surface area contributed by atoms with Crippen molar-refractivity contribution in [2.75, 3.05) is 19.7 Å². The molecule has 0 amide bonds. The average Bonchev–Trinajstić information content (AvgIpc) is 2.81. The van der Waals surface area contributed by atoms with Gasteiger partial charge in [-0.3, -0.25) is 5.10 Å². The molecule has 7 nitrogen and oxygen atoms in total. The number of nitrogens with two attached hydrogens (primary N) is 1. The first-order chi connectivity index (χ1) is 9.50. The number of sulfonamides is 1. The molecule has 2 heterocycles. The predicted molar refractivity (Wildman–Crippen MR) is 74.6 cm³/mol. The number of aromatic amines is 1. The van der Waals surface area contributed by atoms with E-state index in [1.54, 1.807) is 6.92 Å². The highest BCUT2D eigenvalue weighted by atomic mass is 32.2. The normalized spacial score (nSPS) is 21.2. The molecule has 1 fully saturated rings. The van der Waals surface area contributed by atoms with Crippen LogP contribution in [0.2, 0.25) is 0 Å². The Hall–Kier alpha value is -0.960. The number of aryl methyl sites for hydroxylation is 1. The smallest absolute Gasteiger partial charge is 0.246 e. The minimum absolute atomic E-state index is 0.0305. The van der Waals surface area contributed by atoms with Gasteiger partial charge in [0, 0.05) is 26.2 Å². The van der Waals surface area contributed by atoms with Crippen LogP contribution in [0.1, 0.15) is 31.2 Å². The maximum atomic E-state index is 12.8. The van der Waals surface area contributed by atoms with Crippen molar-refractivity contribution in [1.29, 1.82) is 0 Å². The number of nitrogens with one attached hydrogen (secondary N) is 1. The lowest BCUT2D eigenvalue weighted by Crippen LogP contribution is -2.43. The molecule has 1 aliphatic rings. The summed E-state index contributed by atoms with van der Waals surface area (Å²) in [6.07, 6.45) is 1.67. The van der Waals surface area contributed by atoms with Crippen LogP contribution in [0.15, 0.2) is 4.90 Å². The quantitative estimate of drug-likeness (QED) is 0.818. The first-order valence-corrected chi connectivity index (χ1v) is 8.30. The average molecular weight is 302 g/mol. The van der Waals surface area contributed by atoms with Crippen molar-refractivity contribution in [2.45, 2.75) is 44.2 Å². The molecule has 0 bridgehead atoms. The van der Waals surface area contributed by atoms with Gasteiger partial charge in [0.25, 0.3) is 0 Å². The Morgan fingerprint density at radius 1 is 1.55 bits per heavy atom. The molecule has 1 atom stereocenters. The summed E-state index contributed by atoms with van der Waals surface area (Å²) in [5.74, 6) is 0. The number of ether oxygens (including phenoxy) is 1. The molecule has 0 radical (unpaired) electrons. The SMILES string of the molecule is CCOC1CCCN(S(=O)(=O)c2c(CN)n[nH]c2C)C1. The molecule has 114 valence electrons. The fourth-order valence-electron chi connectivity index (χ4n) is 2.57. The monoisotopic (exact) mass is 302 g/mol. The Morgan fingerprint density at radius 3 is 2.95 bits per heavy atom. The minimum atomic E-state index is -3.56. The van der Waals surface area contributed by atoms with Crippen LogP contribution in [0.4, 0.5) is 0 Å². The third-order valence-corrected chi connectivity index (χ3v) is 5.56. The second-order valence-corrected chi connectivity index (χ2v) is 6.79. The summed E-state index contributed by atoms with van der Waals surface area (Å²) in [6.45, 7) is 5.22. The molecule has 0 aliphatic carbocycles. The van der Waals surface area contributed by atoms with Gasteiger partial charge in [-0.2, -0.15) is 9.40 Å². The van der Waals surface area contributed by atoms with Crippen molar-refractivity contribution in [3.63, 3.8) is 0 Å². The Balaban J connectivity index is 2.27. The topological polar surface area (TPSA) is 101 Å². The molecule has 1 aliphatic heterocycles. The molecular weight excluding hydrogens is 280 g/mol. The Kier molecular flexibility index (Phi) is 4.79. The molecule has 0 saturated carbocycles. The van der Waals surface area contributed by atoms with Crippen molar-refractivity contribution in [1.82, 2.24) is 14.5 Å². The largest absolute Gasteiger partial charge is 0.377 e. The van der Waals surface area contributed by atoms with E-state index in [1.807, 2.05) is 6.92 Å². The van der Waals surface area contributed by atoms with Gasteiger partial charge < -0.3 is 10.5 Å².